The zero-order valence-corrected chi connectivity index (χ0v) is 13.5. The quantitative estimate of drug-likeness (QED) is 0.905. The van der Waals surface area contributed by atoms with Gasteiger partial charge in [-0.1, -0.05) is 30.3 Å². The van der Waals surface area contributed by atoms with Crippen LogP contribution in [0, 0.1) is 5.92 Å². The molecule has 4 heteroatoms. The van der Waals surface area contributed by atoms with E-state index in [1.807, 2.05) is 7.05 Å². The third-order valence-electron chi connectivity index (χ3n) is 5.22. The van der Waals surface area contributed by atoms with E-state index < -0.39 is 0 Å². The molecule has 3 rings (SSSR count). The third kappa shape index (κ3) is 3.33. The lowest BCUT2D eigenvalue weighted by atomic mass is 9.71. The minimum Gasteiger partial charge on any atom is -0.380 e. The zero-order valence-electron chi connectivity index (χ0n) is 13.5. The van der Waals surface area contributed by atoms with Crippen LogP contribution in [0.4, 0.5) is 0 Å². The zero-order chi connectivity index (χ0) is 15.5. The molecular formula is C18H26N2O2. The Morgan fingerprint density at radius 2 is 2.00 bits per heavy atom. The second-order valence-electron chi connectivity index (χ2n) is 6.74. The summed E-state index contributed by atoms with van der Waals surface area (Å²) in [7, 11) is 3.72. The second-order valence-corrected chi connectivity index (χ2v) is 6.74. The standard InChI is InChI=1S/C18H26N2O2/c1-20-12-16(22-2)10-17(20)18(21)19-11-13-8-15(9-13)14-6-4-3-5-7-14/h3-7,13,15-17H,8-12H2,1-2H3,(H,19,21)/t13?,15?,16-,17-/m0/s1. The molecule has 0 unspecified atom stereocenters. The van der Waals surface area contributed by atoms with Gasteiger partial charge in [-0.2, -0.15) is 0 Å². The van der Waals surface area contributed by atoms with Gasteiger partial charge in [0, 0.05) is 20.2 Å². The average molecular weight is 302 g/mol. The van der Waals surface area contributed by atoms with Gasteiger partial charge in [-0.15, -0.1) is 0 Å². The first-order chi connectivity index (χ1) is 10.7. The van der Waals surface area contributed by atoms with Gasteiger partial charge < -0.3 is 10.1 Å². The van der Waals surface area contributed by atoms with Crippen LogP contribution < -0.4 is 5.32 Å². The van der Waals surface area contributed by atoms with Crippen molar-refractivity contribution in [3.05, 3.63) is 35.9 Å². The van der Waals surface area contributed by atoms with Crippen molar-refractivity contribution in [2.45, 2.75) is 37.3 Å². The second kappa shape index (κ2) is 6.80. The number of carbonyl (C=O) groups is 1. The summed E-state index contributed by atoms with van der Waals surface area (Å²) in [6.07, 6.45) is 3.36. The molecule has 4 nitrogen and oxygen atoms in total. The number of nitrogens with one attached hydrogen (secondary N) is 1. The highest BCUT2D eigenvalue weighted by Gasteiger charge is 2.35. The number of rotatable bonds is 5. The summed E-state index contributed by atoms with van der Waals surface area (Å²) in [4.78, 5) is 14.4. The van der Waals surface area contributed by atoms with Crippen molar-refractivity contribution in [2.75, 3.05) is 27.2 Å². The number of likely N-dealkylation sites (N-methyl/N-ethyl adjacent to an activating group) is 1. The van der Waals surface area contributed by atoms with Gasteiger partial charge in [0.2, 0.25) is 5.91 Å². The van der Waals surface area contributed by atoms with Crippen LogP contribution in [0.2, 0.25) is 0 Å². The summed E-state index contributed by atoms with van der Waals surface area (Å²) in [6, 6.07) is 10.6. The van der Waals surface area contributed by atoms with E-state index in [2.05, 4.69) is 40.5 Å². The number of nitrogens with zero attached hydrogens (tertiary/aromatic N) is 1. The Balaban J connectivity index is 1.40. The fourth-order valence-electron chi connectivity index (χ4n) is 3.69. The van der Waals surface area contributed by atoms with Crippen molar-refractivity contribution in [3.63, 3.8) is 0 Å². The Morgan fingerprint density at radius 3 is 2.64 bits per heavy atom. The highest BCUT2D eigenvalue weighted by Crippen LogP contribution is 2.41. The van der Waals surface area contributed by atoms with Crippen LogP contribution in [0.5, 0.6) is 0 Å². The molecular weight excluding hydrogens is 276 g/mol. The molecule has 1 aliphatic heterocycles. The van der Waals surface area contributed by atoms with Crippen LogP contribution in [-0.4, -0.2) is 50.2 Å². The summed E-state index contributed by atoms with van der Waals surface area (Å²) >= 11 is 0. The van der Waals surface area contributed by atoms with E-state index in [4.69, 9.17) is 4.74 Å². The van der Waals surface area contributed by atoms with Gasteiger partial charge in [0.1, 0.15) is 0 Å². The van der Waals surface area contributed by atoms with Crippen molar-refractivity contribution in [1.82, 2.24) is 10.2 Å². The first kappa shape index (κ1) is 15.5. The van der Waals surface area contributed by atoms with E-state index in [0.29, 0.717) is 11.8 Å². The van der Waals surface area contributed by atoms with Crippen LogP contribution in [0.3, 0.4) is 0 Å². The lowest BCUT2D eigenvalue weighted by Gasteiger charge is -2.36. The minimum atomic E-state index is -0.0325. The first-order valence-electron chi connectivity index (χ1n) is 8.23. The van der Waals surface area contributed by atoms with E-state index in [0.717, 1.165) is 19.5 Å². The van der Waals surface area contributed by atoms with Crippen LogP contribution in [0.1, 0.15) is 30.7 Å². The fraction of sp³-hybridized carbons (Fsp3) is 0.611. The molecule has 2 aliphatic rings. The van der Waals surface area contributed by atoms with Gasteiger partial charge in [0.15, 0.2) is 0 Å². The van der Waals surface area contributed by atoms with Crippen molar-refractivity contribution < 1.29 is 9.53 Å². The van der Waals surface area contributed by atoms with Crippen molar-refractivity contribution in [2.24, 2.45) is 5.92 Å². The van der Waals surface area contributed by atoms with E-state index >= 15 is 0 Å². The summed E-state index contributed by atoms with van der Waals surface area (Å²) in [5.74, 6) is 1.46. The molecule has 1 heterocycles. The highest BCUT2D eigenvalue weighted by molar-refractivity contribution is 5.82. The van der Waals surface area contributed by atoms with Gasteiger partial charge in [-0.05, 0) is 43.7 Å². The topological polar surface area (TPSA) is 41.6 Å². The van der Waals surface area contributed by atoms with E-state index in [9.17, 15) is 4.79 Å². The lowest BCUT2D eigenvalue weighted by molar-refractivity contribution is -0.125. The lowest BCUT2D eigenvalue weighted by Crippen LogP contribution is -2.44. The Labute approximate surface area is 132 Å². The SMILES string of the molecule is CO[C@H]1C[C@@H](C(=O)NCC2CC(c3ccccc3)C2)N(C)C1. The maximum Gasteiger partial charge on any atom is 0.237 e. The molecule has 1 N–H and O–H groups in total. The molecule has 1 aliphatic carbocycles. The number of hydrogen-bond acceptors (Lipinski definition) is 3. The third-order valence-corrected chi connectivity index (χ3v) is 5.22. The molecule has 2 atom stereocenters. The van der Waals surface area contributed by atoms with Gasteiger partial charge >= 0.3 is 0 Å². The predicted octanol–water partition coefficient (Wildman–Crippen LogP) is 2.02. The Bertz CT molecular complexity index is 499. The van der Waals surface area contributed by atoms with E-state index in [-0.39, 0.29) is 18.1 Å². The van der Waals surface area contributed by atoms with Crippen LogP contribution in [-0.2, 0) is 9.53 Å². The molecule has 1 aromatic rings. The Morgan fingerprint density at radius 1 is 1.27 bits per heavy atom. The van der Waals surface area contributed by atoms with Crippen LogP contribution in [0.15, 0.2) is 30.3 Å². The molecule has 0 radical (unpaired) electrons. The van der Waals surface area contributed by atoms with Crippen LogP contribution >= 0.6 is 0 Å². The molecule has 1 amide bonds. The van der Waals surface area contributed by atoms with Crippen LogP contribution in [0.25, 0.3) is 0 Å². The maximum absolute atomic E-state index is 12.3. The normalized spacial score (nSPS) is 31.7. The van der Waals surface area contributed by atoms with E-state index in [1.54, 1.807) is 7.11 Å². The largest absolute Gasteiger partial charge is 0.380 e. The molecule has 1 saturated heterocycles. The summed E-state index contributed by atoms with van der Waals surface area (Å²) < 4.78 is 5.36. The molecule has 120 valence electrons. The molecule has 1 saturated carbocycles. The number of benzene rings is 1. The highest BCUT2D eigenvalue weighted by atomic mass is 16.5. The summed E-state index contributed by atoms with van der Waals surface area (Å²) in [5.41, 5.74) is 1.43. The fourth-order valence-corrected chi connectivity index (χ4v) is 3.69. The smallest absolute Gasteiger partial charge is 0.237 e. The molecule has 0 bridgehead atoms. The molecule has 0 aromatic heterocycles. The molecule has 1 aromatic carbocycles. The van der Waals surface area contributed by atoms with Gasteiger partial charge in [0.25, 0.3) is 0 Å². The molecule has 0 spiro atoms. The molecule has 22 heavy (non-hydrogen) atoms. The van der Waals surface area contributed by atoms with Crippen molar-refractivity contribution in [1.29, 1.82) is 0 Å². The number of hydrogen-bond donors (Lipinski definition) is 1. The average Bonchev–Trinajstić information content (AvgIpc) is 2.88. The summed E-state index contributed by atoms with van der Waals surface area (Å²) in [5, 5.41) is 3.14. The van der Waals surface area contributed by atoms with Gasteiger partial charge in [-0.25, -0.2) is 0 Å². The monoisotopic (exact) mass is 302 g/mol. The van der Waals surface area contributed by atoms with Crippen molar-refractivity contribution in [3.8, 4) is 0 Å². The van der Waals surface area contributed by atoms with E-state index in [1.165, 1.54) is 18.4 Å². The summed E-state index contributed by atoms with van der Waals surface area (Å²) in [6.45, 7) is 1.65. The Kier molecular flexibility index (Phi) is 4.79. The first-order valence-corrected chi connectivity index (χ1v) is 8.23. The number of amides is 1. The maximum atomic E-state index is 12.3. The number of methoxy groups -OCH3 is 1. The Hall–Kier alpha value is -1.39. The van der Waals surface area contributed by atoms with Crippen molar-refractivity contribution >= 4 is 5.91 Å². The predicted molar refractivity (Wildman–Crippen MR) is 86.7 cm³/mol. The number of likely N-dealkylation sites (tertiary alicyclic amines) is 1. The molecule has 2 fully saturated rings. The minimum absolute atomic E-state index is 0.0325. The van der Waals surface area contributed by atoms with Gasteiger partial charge in [0.05, 0.1) is 12.1 Å². The number of ether oxygens (including phenoxy) is 1. The van der Waals surface area contributed by atoms with Gasteiger partial charge in [-0.3, -0.25) is 9.69 Å². The number of carbonyl (C=O) groups excluding carboxylic acids is 1.